The number of ether oxygens (including phenoxy) is 1. The summed E-state index contributed by atoms with van der Waals surface area (Å²) in [6, 6.07) is 12.4. The number of carbonyl (C=O) groups is 2. The van der Waals surface area contributed by atoms with E-state index >= 15 is 0 Å². The number of amides is 2. The van der Waals surface area contributed by atoms with Crippen LogP contribution in [0.25, 0.3) is 0 Å². The first-order chi connectivity index (χ1) is 11.9. The predicted octanol–water partition coefficient (Wildman–Crippen LogP) is 4.01. The minimum atomic E-state index is -1.04. The Morgan fingerprint density at radius 1 is 1.08 bits per heavy atom. The Kier molecular flexibility index (Phi) is 4.68. The molecular formula is C19H19ClN2O3. The van der Waals surface area contributed by atoms with Gasteiger partial charge in [0.25, 0.3) is 0 Å². The fourth-order valence-electron chi connectivity index (χ4n) is 2.66. The zero-order chi connectivity index (χ0) is 18.0. The lowest BCUT2D eigenvalue weighted by Gasteiger charge is -2.17. The van der Waals surface area contributed by atoms with Crippen molar-refractivity contribution in [2.24, 2.45) is 5.41 Å². The summed E-state index contributed by atoms with van der Waals surface area (Å²) < 4.78 is 5.27. The molecule has 0 unspecified atom stereocenters. The van der Waals surface area contributed by atoms with Crippen LogP contribution in [0, 0.1) is 12.3 Å². The maximum atomic E-state index is 12.7. The second-order valence-corrected chi connectivity index (χ2v) is 6.64. The van der Waals surface area contributed by atoms with E-state index in [4.69, 9.17) is 16.3 Å². The van der Waals surface area contributed by atoms with Crippen LogP contribution in [0.2, 0.25) is 5.02 Å². The summed E-state index contributed by atoms with van der Waals surface area (Å²) in [5.41, 5.74) is 1.08. The lowest BCUT2D eigenvalue weighted by molar-refractivity contribution is -0.131. The molecule has 0 saturated heterocycles. The number of methoxy groups -OCH3 is 1. The minimum absolute atomic E-state index is 0.320. The van der Waals surface area contributed by atoms with Crippen LogP contribution in [-0.4, -0.2) is 18.9 Å². The number of aryl methyl sites for hydroxylation is 1. The summed E-state index contributed by atoms with van der Waals surface area (Å²) in [6.07, 6.45) is 1.03. The van der Waals surface area contributed by atoms with Gasteiger partial charge in [0.2, 0.25) is 11.8 Å². The van der Waals surface area contributed by atoms with E-state index < -0.39 is 5.41 Å². The van der Waals surface area contributed by atoms with E-state index in [-0.39, 0.29) is 11.8 Å². The van der Waals surface area contributed by atoms with Crippen molar-refractivity contribution in [2.75, 3.05) is 17.7 Å². The van der Waals surface area contributed by atoms with E-state index in [9.17, 15) is 9.59 Å². The molecule has 1 aliphatic carbocycles. The molecule has 1 fully saturated rings. The Morgan fingerprint density at radius 3 is 2.44 bits per heavy atom. The maximum absolute atomic E-state index is 12.7. The van der Waals surface area contributed by atoms with E-state index in [1.807, 2.05) is 19.1 Å². The van der Waals surface area contributed by atoms with Gasteiger partial charge in [-0.15, -0.1) is 0 Å². The Bertz CT molecular complexity index is 831. The molecule has 5 nitrogen and oxygen atoms in total. The first-order valence-electron chi connectivity index (χ1n) is 7.98. The number of benzene rings is 2. The second kappa shape index (κ2) is 6.76. The van der Waals surface area contributed by atoms with E-state index in [2.05, 4.69) is 10.6 Å². The van der Waals surface area contributed by atoms with Crippen molar-refractivity contribution in [1.82, 2.24) is 0 Å². The average molecular weight is 359 g/mol. The summed E-state index contributed by atoms with van der Waals surface area (Å²) in [5.74, 6) is -0.0835. The first kappa shape index (κ1) is 17.3. The highest BCUT2D eigenvalue weighted by atomic mass is 35.5. The average Bonchev–Trinajstić information content (AvgIpc) is 3.37. The molecule has 1 aliphatic rings. The van der Waals surface area contributed by atoms with Crippen LogP contribution >= 0.6 is 11.6 Å². The fourth-order valence-corrected chi connectivity index (χ4v) is 2.85. The number of nitrogens with one attached hydrogen (secondary N) is 2. The van der Waals surface area contributed by atoms with Crippen LogP contribution in [0.5, 0.6) is 5.75 Å². The molecule has 0 aromatic heterocycles. The van der Waals surface area contributed by atoms with E-state index in [0.29, 0.717) is 35.0 Å². The van der Waals surface area contributed by atoms with Gasteiger partial charge in [-0.25, -0.2) is 0 Å². The lowest BCUT2D eigenvalue weighted by atomic mass is 10.0. The van der Waals surface area contributed by atoms with Crippen LogP contribution in [-0.2, 0) is 9.59 Å². The van der Waals surface area contributed by atoms with Crippen molar-refractivity contribution in [3.05, 3.63) is 53.1 Å². The number of rotatable bonds is 5. The zero-order valence-electron chi connectivity index (χ0n) is 14.1. The fraction of sp³-hybridized carbons (Fsp3) is 0.263. The highest BCUT2D eigenvalue weighted by Crippen LogP contribution is 2.48. The summed E-state index contributed by atoms with van der Waals surface area (Å²) in [5, 5.41) is 6.13. The van der Waals surface area contributed by atoms with E-state index in [1.54, 1.807) is 37.4 Å². The van der Waals surface area contributed by atoms with Crippen molar-refractivity contribution < 1.29 is 14.3 Å². The van der Waals surface area contributed by atoms with Crippen LogP contribution < -0.4 is 15.4 Å². The van der Waals surface area contributed by atoms with Gasteiger partial charge in [0, 0.05) is 10.7 Å². The molecule has 0 aliphatic heterocycles. The van der Waals surface area contributed by atoms with Gasteiger partial charge in [-0.3, -0.25) is 9.59 Å². The van der Waals surface area contributed by atoms with Gasteiger partial charge in [-0.05, 0) is 55.7 Å². The summed E-state index contributed by atoms with van der Waals surface area (Å²) in [4.78, 5) is 25.3. The van der Waals surface area contributed by atoms with Gasteiger partial charge < -0.3 is 15.4 Å². The van der Waals surface area contributed by atoms with Crippen LogP contribution in [0.3, 0.4) is 0 Å². The molecule has 2 amide bonds. The molecule has 0 heterocycles. The molecule has 1 saturated carbocycles. The SMILES string of the molecule is COc1ccc(C)cc1NC(=O)C1(C(=O)Nc2cccc(Cl)c2)CC1. The van der Waals surface area contributed by atoms with Gasteiger partial charge in [-0.2, -0.15) is 0 Å². The highest BCUT2D eigenvalue weighted by Gasteiger charge is 2.56. The van der Waals surface area contributed by atoms with Crippen LogP contribution in [0.4, 0.5) is 11.4 Å². The smallest absolute Gasteiger partial charge is 0.240 e. The number of carbonyl (C=O) groups excluding carboxylic acids is 2. The third-order valence-corrected chi connectivity index (χ3v) is 4.54. The van der Waals surface area contributed by atoms with Crippen molar-refractivity contribution >= 4 is 34.8 Å². The molecule has 130 valence electrons. The molecule has 25 heavy (non-hydrogen) atoms. The predicted molar refractivity (Wildman–Crippen MR) is 98.1 cm³/mol. The molecular weight excluding hydrogens is 340 g/mol. The number of hydrogen-bond acceptors (Lipinski definition) is 3. The first-order valence-corrected chi connectivity index (χ1v) is 8.35. The summed E-state index contributed by atoms with van der Waals surface area (Å²) in [6.45, 7) is 1.92. The molecule has 0 atom stereocenters. The molecule has 2 N–H and O–H groups in total. The number of hydrogen-bond donors (Lipinski definition) is 2. The largest absolute Gasteiger partial charge is 0.495 e. The molecule has 0 bridgehead atoms. The Morgan fingerprint density at radius 2 is 1.80 bits per heavy atom. The third-order valence-electron chi connectivity index (χ3n) is 4.30. The lowest BCUT2D eigenvalue weighted by Crippen LogP contribution is -2.35. The molecule has 2 aromatic carbocycles. The van der Waals surface area contributed by atoms with Gasteiger partial charge in [-0.1, -0.05) is 23.7 Å². The van der Waals surface area contributed by atoms with Crippen LogP contribution in [0.1, 0.15) is 18.4 Å². The van der Waals surface area contributed by atoms with Gasteiger partial charge >= 0.3 is 0 Å². The summed E-state index contributed by atoms with van der Waals surface area (Å²) >= 11 is 5.93. The van der Waals surface area contributed by atoms with Crippen molar-refractivity contribution in [2.45, 2.75) is 19.8 Å². The normalized spacial score (nSPS) is 14.5. The monoisotopic (exact) mass is 358 g/mol. The summed E-state index contributed by atoms with van der Waals surface area (Å²) in [7, 11) is 1.54. The quantitative estimate of drug-likeness (QED) is 0.793. The Hall–Kier alpha value is -2.53. The molecule has 3 rings (SSSR count). The molecule has 6 heteroatoms. The highest BCUT2D eigenvalue weighted by molar-refractivity contribution is 6.31. The Balaban J connectivity index is 1.75. The van der Waals surface area contributed by atoms with E-state index in [1.165, 1.54) is 0 Å². The van der Waals surface area contributed by atoms with Gasteiger partial charge in [0.15, 0.2) is 0 Å². The van der Waals surface area contributed by atoms with Crippen molar-refractivity contribution in [1.29, 1.82) is 0 Å². The van der Waals surface area contributed by atoms with E-state index in [0.717, 1.165) is 5.56 Å². The van der Waals surface area contributed by atoms with Crippen molar-refractivity contribution in [3.63, 3.8) is 0 Å². The second-order valence-electron chi connectivity index (χ2n) is 6.20. The topological polar surface area (TPSA) is 67.4 Å². The maximum Gasteiger partial charge on any atom is 0.240 e. The molecule has 0 spiro atoms. The minimum Gasteiger partial charge on any atom is -0.495 e. The number of anilines is 2. The Labute approximate surface area is 151 Å². The number of halogens is 1. The zero-order valence-corrected chi connectivity index (χ0v) is 14.8. The van der Waals surface area contributed by atoms with Gasteiger partial charge in [0.05, 0.1) is 12.8 Å². The van der Waals surface area contributed by atoms with Crippen molar-refractivity contribution in [3.8, 4) is 5.75 Å². The molecule has 2 aromatic rings. The van der Waals surface area contributed by atoms with Crippen LogP contribution in [0.15, 0.2) is 42.5 Å². The third kappa shape index (κ3) is 3.61. The van der Waals surface area contributed by atoms with Gasteiger partial charge in [0.1, 0.15) is 11.2 Å². The molecule has 0 radical (unpaired) electrons. The standard InChI is InChI=1S/C19H19ClN2O3/c1-12-6-7-16(25-2)15(10-12)22-18(24)19(8-9-19)17(23)21-14-5-3-4-13(20)11-14/h3-7,10-11H,8-9H2,1-2H3,(H,21,23)(H,22,24).